The number of anilines is 1. The van der Waals surface area contributed by atoms with Crippen molar-refractivity contribution in [2.75, 3.05) is 5.32 Å². The fourth-order valence-electron chi connectivity index (χ4n) is 2.92. The summed E-state index contributed by atoms with van der Waals surface area (Å²) in [7, 11) is 0. The number of aryl methyl sites for hydroxylation is 1. The molecule has 150 valence electrons. The van der Waals surface area contributed by atoms with Gasteiger partial charge < -0.3 is 5.32 Å². The van der Waals surface area contributed by atoms with Crippen molar-refractivity contribution in [3.05, 3.63) is 90.5 Å². The molecule has 0 aromatic heterocycles. The molecule has 4 heteroatoms. The second kappa shape index (κ2) is 9.10. The first-order valence-electron chi connectivity index (χ1n) is 9.66. The molecule has 0 fully saturated rings. The Morgan fingerprint density at radius 3 is 1.59 bits per heavy atom. The largest absolute Gasteiger partial charge is 0.324 e. The van der Waals surface area contributed by atoms with Crippen molar-refractivity contribution >= 4 is 35.1 Å². The van der Waals surface area contributed by atoms with Crippen LogP contribution in [0.4, 0.5) is 5.69 Å². The average molecular weight is 422 g/mol. The van der Waals surface area contributed by atoms with Gasteiger partial charge in [-0.2, -0.15) is 0 Å². The molecule has 1 amide bonds. The van der Waals surface area contributed by atoms with Crippen LogP contribution in [0.1, 0.15) is 26.3 Å². The molecule has 0 heterocycles. The normalized spacial score (nSPS) is 11.9. The maximum atomic E-state index is 13.8. The fraction of sp³-hybridized carbons (Fsp3) is 0.240. The Bertz CT molecular complexity index is 891. The smallest absolute Gasteiger partial charge is 0.252 e. The van der Waals surface area contributed by atoms with Gasteiger partial charge in [0.05, 0.1) is 0 Å². The van der Waals surface area contributed by atoms with Crippen LogP contribution < -0.4 is 5.32 Å². The molecule has 3 aromatic rings. The summed E-state index contributed by atoms with van der Waals surface area (Å²) in [6, 6.07) is 28.3. The topological polar surface area (TPSA) is 29.1 Å². The lowest BCUT2D eigenvalue weighted by molar-refractivity contribution is -0.118. The third-order valence-electron chi connectivity index (χ3n) is 4.61. The molecule has 0 aliphatic carbocycles. The van der Waals surface area contributed by atoms with Gasteiger partial charge in [0.2, 0.25) is 0 Å². The van der Waals surface area contributed by atoms with E-state index in [0.29, 0.717) is 0 Å². The van der Waals surface area contributed by atoms with E-state index in [-0.39, 0.29) is 11.3 Å². The summed E-state index contributed by atoms with van der Waals surface area (Å²) in [4.78, 5) is 16.0. The number of thioether (sulfide) groups is 2. The minimum Gasteiger partial charge on any atom is -0.324 e. The van der Waals surface area contributed by atoms with Crippen molar-refractivity contribution in [3.63, 3.8) is 0 Å². The van der Waals surface area contributed by atoms with Crippen LogP contribution in [0.25, 0.3) is 0 Å². The number of nitrogens with one attached hydrogen (secondary N) is 1. The summed E-state index contributed by atoms with van der Waals surface area (Å²) in [6.45, 7) is 8.44. The molecule has 0 atom stereocenters. The molecule has 0 aliphatic rings. The third-order valence-corrected chi connectivity index (χ3v) is 8.29. The molecule has 0 bridgehead atoms. The minimum absolute atomic E-state index is 0.00319. The van der Waals surface area contributed by atoms with E-state index in [1.807, 2.05) is 67.6 Å². The Kier molecular flexibility index (Phi) is 6.76. The lowest BCUT2D eigenvalue weighted by Gasteiger charge is -2.42. The molecule has 0 spiro atoms. The highest BCUT2D eigenvalue weighted by atomic mass is 32.2. The molecule has 1 N–H and O–H groups in total. The maximum absolute atomic E-state index is 13.8. The predicted octanol–water partition coefficient (Wildman–Crippen LogP) is 7.26. The van der Waals surface area contributed by atoms with Crippen molar-refractivity contribution < 1.29 is 4.79 Å². The Hall–Kier alpha value is -2.17. The number of rotatable bonds is 6. The Balaban J connectivity index is 2.03. The van der Waals surface area contributed by atoms with Gasteiger partial charge in [-0.15, -0.1) is 0 Å². The summed E-state index contributed by atoms with van der Waals surface area (Å²) in [5.74, 6) is -0.00319. The average Bonchev–Trinajstić information content (AvgIpc) is 2.70. The predicted molar refractivity (Wildman–Crippen MR) is 127 cm³/mol. The summed E-state index contributed by atoms with van der Waals surface area (Å²) >= 11 is 3.24. The molecular weight excluding hydrogens is 394 g/mol. The molecule has 2 nitrogen and oxygen atoms in total. The van der Waals surface area contributed by atoms with Gasteiger partial charge in [-0.25, -0.2) is 0 Å². The monoisotopic (exact) mass is 421 g/mol. The van der Waals surface area contributed by atoms with Crippen LogP contribution >= 0.6 is 23.5 Å². The van der Waals surface area contributed by atoms with E-state index in [1.165, 1.54) is 5.56 Å². The summed E-state index contributed by atoms with van der Waals surface area (Å²) < 4.78 is -0.763. The number of hydrogen-bond acceptors (Lipinski definition) is 3. The zero-order chi connectivity index (χ0) is 20.9. The Morgan fingerprint density at radius 1 is 0.724 bits per heavy atom. The van der Waals surface area contributed by atoms with E-state index in [1.54, 1.807) is 23.5 Å². The van der Waals surface area contributed by atoms with E-state index in [9.17, 15) is 4.79 Å². The lowest BCUT2D eigenvalue weighted by atomic mass is 9.90. The van der Waals surface area contributed by atoms with Crippen LogP contribution in [0.2, 0.25) is 0 Å². The Morgan fingerprint density at radius 2 is 1.17 bits per heavy atom. The second-order valence-corrected chi connectivity index (χ2v) is 10.9. The molecule has 0 saturated heterocycles. The van der Waals surface area contributed by atoms with Crippen molar-refractivity contribution in [3.8, 4) is 0 Å². The maximum Gasteiger partial charge on any atom is 0.252 e. The number of benzene rings is 3. The number of hydrogen-bond donors (Lipinski definition) is 1. The van der Waals surface area contributed by atoms with Crippen LogP contribution in [0, 0.1) is 12.3 Å². The summed E-state index contributed by atoms with van der Waals surface area (Å²) in [5, 5.41) is 3.18. The number of carbonyl (C=O) groups excluding carboxylic acids is 1. The number of amides is 1. The second-order valence-electron chi connectivity index (χ2n) is 8.02. The van der Waals surface area contributed by atoms with Crippen LogP contribution in [0.15, 0.2) is 94.7 Å². The van der Waals surface area contributed by atoms with Gasteiger partial charge in [0.25, 0.3) is 5.91 Å². The van der Waals surface area contributed by atoms with Gasteiger partial charge in [0, 0.05) is 15.5 Å². The highest BCUT2D eigenvalue weighted by Crippen LogP contribution is 2.56. The van der Waals surface area contributed by atoms with Crippen molar-refractivity contribution in [2.24, 2.45) is 5.41 Å². The fourth-order valence-corrected chi connectivity index (χ4v) is 5.81. The number of carbonyl (C=O) groups is 1. The summed E-state index contributed by atoms with van der Waals surface area (Å²) in [5.41, 5.74) is 1.67. The lowest BCUT2D eigenvalue weighted by Crippen LogP contribution is -2.47. The van der Waals surface area contributed by atoms with Crippen molar-refractivity contribution in [1.29, 1.82) is 0 Å². The SMILES string of the molecule is Cc1ccc(NC(=O)C(Sc2ccccc2)(Sc2ccccc2)C(C)(C)C)cc1. The molecule has 3 rings (SSSR count). The van der Waals surface area contributed by atoms with Crippen LogP contribution in [-0.4, -0.2) is 9.99 Å². The highest BCUT2D eigenvalue weighted by Gasteiger charge is 2.50. The molecule has 0 aliphatic heterocycles. The minimum atomic E-state index is -0.763. The van der Waals surface area contributed by atoms with Gasteiger partial charge >= 0.3 is 0 Å². The summed E-state index contributed by atoms with van der Waals surface area (Å²) in [6.07, 6.45) is 0. The molecule has 29 heavy (non-hydrogen) atoms. The molecule has 3 aromatic carbocycles. The van der Waals surface area contributed by atoms with Gasteiger partial charge in [0.15, 0.2) is 4.08 Å². The van der Waals surface area contributed by atoms with Crippen LogP contribution in [0.5, 0.6) is 0 Å². The third kappa shape index (κ3) is 5.26. The van der Waals surface area contributed by atoms with E-state index >= 15 is 0 Å². The molecular formula is C25H27NOS2. The molecule has 0 unspecified atom stereocenters. The first-order valence-corrected chi connectivity index (χ1v) is 11.3. The first-order chi connectivity index (χ1) is 13.8. The van der Waals surface area contributed by atoms with Gasteiger partial charge in [-0.3, -0.25) is 4.79 Å². The zero-order valence-corrected chi connectivity index (χ0v) is 18.9. The first kappa shape index (κ1) is 21.5. The van der Waals surface area contributed by atoms with Crippen LogP contribution in [0.3, 0.4) is 0 Å². The van der Waals surface area contributed by atoms with E-state index in [0.717, 1.165) is 15.5 Å². The van der Waals surface area contributed by atoms with Crippen molar-refractivity contribution in [2.45, 2.75) is 41.6 Å². The van der Waals surface area contributed by atoms with E-state index in [2.05, 4.69) is 50.4 Å². The van der Waals surface area contributed by atoms with Gasteiger partial charge in [-0.1, -0.05) is 98.4 Å². The molecule has 0 saturated carbocycles. The standard InChI is InChI=1S/C25H27NOS2/c1-19-15-17-20(18-16-19)26-23(27)25(24(2,3)4,28-21-11-7-5-8-12-21)29-22-13-9-6-10-14-22/h5-18H,1-4H3,(H,26,27). The molecule has 0 radical (unpaired) electrons. The van der Waals surface area contributed by atoms with Crippen LogP contribution in [-0.2, 0) is 4.79 Å². The van der Waals surface area contributed by atoms with E-state index < -0.39 is 4.08 Å². The quantitative estimate of drug-likeness (QED) is 0.335. The van der Waals surface area contributed by atoms with Gasteiger partial charge in [-0.05, 0) is 48.7 Å². The van der Waals surface area contributed by atoms with Gasteiger partial charge in [0.1, 0.15) is 0 Å². The Labute approximate surface area is 182 Å². The van der Waals surface area contributed by atoms with E-state index in [4.69, 9.17) is 0 Å². The zero-order valence-electron chi connectivity index (χ0n) is 17.3. The van der Waals surface area contributed by atoms with Crippen molar-refractivity contribution in [1.82, 2.24) is 0 Å². The highest BCUT2D eigenvalue weighted by molar-refractivity contribution is 8.19.